The van der Waals surface area contributed by atoms with Crippen LogP contribution in [-0.4, -0.2) is 23.8 Å². The van der Waals surface area contributed by atoms with Crippen molar-refractivity contribution in [3.8, 4) is 5.75 Å². The van der Waals surface area contributed by atoms with E-state index in [1.807, 2.05) is 23.9 Å². The average Bonchev–Trinajstić information content (AvgIpc) is 3.00. The molecular weight excluding hydrogens is 292 g/mol. The number of nitrogens with zero attached hydrogens (tertiary/aromatic N) is 1. The second kappa shape index (κ2) is 6.53. The molecule has 4 heteroatoms. The predicted molar refractivity (Wildman–Crippen MR) is 93.5 cm³/mol. The fourth-order valence-corrected chi connectivity index (χ4v) is 3.68. The third-order valence-electron chi connectivity index (χ3n) is 3.67. The van der Waals surface area contributed by atoms with Gasteiger partial charge < -0.3 is 15.0 Å². The first-order chi connectivity index (χ1) is 10.7. The molecule has 1 aromatic rings. The number of ether oxygens (including phenoxy) is 1. The van der Waals surface area contributed by atoms with Crippen molar-refractivity contribution < 1.29 is 4.74 Å². The highest BCUT2D eigenvalue weighted by Gasteiger charge is 2.24. The van der Waals surface area contributed by atoms with Crippen molar-refractivity contribution in [2.75, 3.05) is 12.9 Å². The molecule has 116 valence electrons. The topological polar surface area (TPSA) is 24.5 Å². The van der Waals surface area contributed by atoms with E-state index in [0.29, 0.717) is 6.04 Å². The molecule has 0 radical (unpaired) electrons. The Kier molecular flexibility index (Phi) is 4.48. The number of allylic oxidation sites excluding steroid dienone is 1. The van der Waals surface area contributed by atoms with E-state index >= 15 is 0 Å². The minimum atomic E-state index is 0.447. The molecule has 0 atom stereocenters. The summed E-state index contributed by atoms with van der Waals surface area (Å²) in [4.78, 5) is 3.69. The zero-order chi connectivity index (χ0) is 15.5. The zero-order valence-corrected chi connectivity index (χ0v) is 14.1. The maximum Gasteiger partial charge on any atom is 0.118 e. The van der Waals surface area contributed by atoms with Crippen molar-refractivity contribution in [1.29, 1.82) is 0 Å². The molecule has 0 fully saturated rings. The lowest BCUT2D eigenvalue weighted by Crippen LogP contribution is -2.27. The van der Waals surface area contributed by atoms with Gasteiger partial charge in [0.25, 0.3) is 0 Å². The Hall–Kier alpha value is -1.81. The van der Waals surface area contributed by atoms with E-state index in [0.717, 1.165) is 18.0 Å². The molecule has 2 aliphatic rings. The van der Waals surface area contributed by atoms with Crippen molar-refractivity contribution in [1.82, 2.24) is 10.2 Å². The van der Waals surface area contributed by atoms with Crippen LogP contribution in [0.1, 0.15) is 19.4 Å². The Morgan fingerprint density at radius 1 is 1.27 bits per heavy atom. The summed E-state index contributed by atoms with van der Waals surface area (Å²) in [6.45, 7) is 5.23. The van der Waals surface area contributed by atoms with Crippen molar-refractivity contribution in [3.05, 3.63) is 64.5 Å². The van der Waals surface area contributed by atoms with Gasteiger partial charge in [0.2, 0.25) is 0 Å². The summed E-state index contributed by atoms with van der Waals surface area (Å²) in [5, 5.41) is 3.54. The monoisotopic (exact) mass is 314 g/mol. The van der Waals surface area contributed by atoms with E-state index in [1.165, 1.54) is 21.9 Å². The Balaban J connectivity index is 1.76. The molecule has 1 N–H and O–H groups in total. The predicted octanol–water partition coefficient (Wildman–Crippen LogP) is 3.86. The van der Waals surface area contributed by atoms with Crippen LogP contribution in [0.5, 0.6) is 5.75 Å². The standard InChI is InChI=1S/C18H22N2OS/c1-13(2)19-16-8-10-20(17-9-11-22-18(16)17)12-14-4-6-15(21-3)7-5-14/h4-10,13,19H,11-12H2,1-3H3. The lowest BCUT2D eigenvalue weighted by Gasteiger charge is -2.28. The van der Waals surface area contributed by atoms with Crippen molar-refractivity contribution >= 4 is 11.8 Å². The summed E-state index contributed by atoms with van der Waals surface area (Å²) < 4.78 is 5.22. The molecule has 0 bridgehead atoms. The lowest BCUT2D eigenvalue weighted by molar-refractivity contribution is 0.414. The number of benzene rings is 1. The first kappa shape index (κ1) is 15.1. The molecule has 3 rings (SSSR count). The molecule has 3 nitrogen and oxygen atoms in total. The van der Waals surface area contributed by atoms with E-state index in [4.69, 9.17) is 4.74 Å². The summed E-state index contributed by atoms with van der Waals surface area (Å²) in [5.74, 6) is 1.95. The maximum absolute atomic E-state index is 5.22. The van der Waals surface area contributed by atoms with Gasteiger partial charge in [-0.1, -0.05) is 12.1 Å². The van der Waals surface area contributed by atoms with Gasteiger partial charge in [-0.2, -0.15) is 0 Å². The van der Waals surface area contributed by atoms with Crippen LogP contribution in [0.2, 0.25) is 0 Å². The van der Waals surface area contributed by atoms with Gasteiger partial charge in [-0.25, -0.2) is 0 Å². The summed E-state index contributed by atoms with van der Waals surface area (Å²) in [5.41, 5.74) is 3.85. The van der Waals surface area contributed by atoms with E-state index < -0.39 is 0 Å². The average molecular weight is 314 g/mol. The summed E-state index contributed by atoms with van der Waals surface area (Å²) in [6.07, 6.45) is 6.68. The molecule has 0 aromatic heterocycles. The summed E-state index contributed by atoms with van der Waals surface area (Å²) in [6, 6.07) is 8.73. The SMILES string of the molecule is COc1ccc(CN2C=CC(NC(C)C)=C3SCC=C32)cc1. The quantitative estimate of drug-likeness (QED) is 0.892. The zero-order valence-electron chi connectivity index (χ0n) is 13.3. The van der Waals surface area contributed by atoms with Crippen molar-refractivity contribution in [2.24, 2.45) is 0 Å². The fraction of sp³-hybridized carbons (Fsp3) is 0.333. The maximum atomic E-state index is 5.22. The molecular formula is C18H22N2OS. The number of thioether (sulfide) groups is 1. The molecule has 0 aliphatic carbocycles. The second-order valence-corrected chi connectivity index (χ2v) is 6.76. The molecule has 0 unspecified atom stereocenters. The van der Waals surface area contributed by atoms with Crippen LogP contribution in [0.4, 0.5) is 0 Å². The Bertz CT molecular complexity index is 629. The molecule has 0 saturated heterocycles. The molecule has 1 aromatic carbocycles. The number of rotatable bonds is 5. The fourth-order valence-electron chi connectivity index (χ4n) is 2.64. The van der Waals surface area contributed by atoms with Crippen LogP contribution in [0.25, 0.3) is 0 Å². The Labute approximate surface area is 136 Å². The van der Waals surface area contributed by atoms with Gasteiger partial charge in [-0.3, -0.25) is 0 Å². The van der Waals surface area contributed by atoms with Gasteiger partial charge in [-0.15, -0.1) is 11.8 Å². The minimum absolute atomic E-state index is 0.447. The van der Waals surface area contributed by atoms with Crippen LogP contribution in [-0.2, 0) is 6.54 Å². The van der Waals surface area contributed by atoms with Gasteiger partial charge in [0, 0.05) is 24.5 Å². The van der Waals surface area contributed by atoms with Crippen molar-refractivity contribution in [2.45, 2.75) is 26.4 Å². The Morgan fingerprint density at radius 2 is 2.05 bits per heavy atom. The van der Waals surface area contributed by atoms with Crippen LogP contribution < -0.4 is 10.1 Å². The minimum Gasteiger partial charge on any atom is -0.497 e. The number of methoxy groups -OCH3 is 1. The van der Waals surface area contributed by atoms with E-state index in [1.54, 1.807) is 7.11 Å². The molecule has 0 saturated carbocycles. The largest absolute Gasteiger partial charge is 0.497 e. The third-order valence-corrected chi connectivity index (χ3v) is 4.72. The number of nitrogens with one attached hydrogen (secondary N) is 1. The van der Waals surface area contributed by atoms with Crippen LogP contribution in [0.3, 0.4) is 0 Å². The molecule has 2 aliphatic heterocycles. The lowest BCUT2D eigenvalue weighted by atomic mass is 10.1. The third kappa shape index (κ3) is 3.17. The van der Waals surface area contributed by atoms with Gasteiger partial charge in [-0.05, 0) is 43.7 Å². The van der Waals surface area contributed by atoms with E-state index in [9.17, 15) is 0 Å². The highest BCUT2D eigenvalue weighted by Crippen LogP contribution is 2.39. The van der Waals surface area contributed by atoms with Gasteiger partial charge in [0.05, 0.1) is 23.4 Å². The van der Waals surface area contributed by atoms with Crippen LogP contribution >= 0.6 is 11.8 Å². The second-order valence-electron chi connectivity index (χ2n) is 5.73. The van der Waals surface area contributed by atoms with Gasteiger partial charge in [0.1, 0.15) is 5.75 Å². The van der Waals surface area contributed by atoms with E-state index in [2.05, 4.69) is 54.5 Å². The van der Waals surface area contributed by atoms with Crippen LogP contribution in [0.15, 0.2) is 58.9 Å². The number of hydrogen-bond acceptors (Lipinski definition) is 4. The smallest absolute Gasteiger partial charge is 0.118 e. The highest BCUT2D eigenvalue weighted by molar-refractivity contribution is 8.03. The first-order valence-corrected chi connectivity index (χ1v) is 8.58. The molecule has 2 heterocycles. The first-order valence-electron chi connectivity index (χ1n) is 7.59. The molecule has 22 heavy (non-hydrogen) atoms. The summed E-state index contributed by atoms with van der Waals surface area (Å²) in [7, 11) is 1.70. The number of fused-ring (bicyclic) bond motifs is 1. The van der Waals surface area contributed by atoms with Gasteiger partial charge in [0.15, 0.2) is 0 Å². The van der Waals surface area contributed by atoms with Gasteiger partial charge >= 0.3 is 0 Å². The highest BCUT2D eigenvalue weighted by atomic mass is 32.2. The summed E-state index contributed by atoms with van der Waals surface area (Å²) >= 11 is 1.91. The van der Waals surface area contributed by atoms with Crippen molar-refractivity contribution in [3.63, 3.8) is 0 Å². The molecule has 0 amide bonds. The van der Waals surface area contributed by atoms with Crippen LogP contribution in [0, 0.1) is 0 Å². The van der Waals surface area contributed by atoms with E-state index in [-0.39, 0.29) is 0 Å². The Morgan fingerprint density at radius 3 is 2.73 bits per heavy atom. The number of hydrogen-bond donors (Lipinski definition) is 1. The normalized spacial score (nSPS) is 16.9. The molecule has 0 spiro atoms.